The first kappa shape index (κ1) is 16.0. The Morgan fingerprint density at radius 3 is 2.88 bits per heavy atom. The first-order chi connectivity index (χ1) is 11.6. The van der Waals surface area contributed by atoms with Crippen molar-refractivity contribution in [2.24, 2.45) is 0 Å². The topological polar surface area (TPSA) is 81.4 Å². The predicted octanol–water partition coefficient (Wildman–Crippen LogP) is 2.95. The summed E-state index contributed by atoms with van der Waals surface area (Å²) in [6, 6.07) is 11.8. The van der Waals surface area contributed by atoms with E-state index in [0.29, 0.717) is 22.0 Å². The summed E-state index contributed by atoms with van der Waals surface area (Å²) in [4.78, 5) is 27.8. The van der Waals surface area contributed by atoms with Gasteiger partial charge in [-0.1, -0.05) is 11.6 Å². The fraction of sp³-hybridized carbons (Fsp3) is 0.118. The first-order valence-corrected chi connectivity index (χ1v) is 7.52. The van der Waals surface area contributed by atoms with E-state index in [2.05, 4.69) is 10.3 Å². The first-order valence-electron chi connectivity index (χ1n) is 7.14. The molecular formula is C17H13ClN2O4. The highest BCUT2D eigenvalue weighted by Gasteiger charge is 2.11. The molecule has 0 aliphatic rings. The normalized spacial score (nSPS) is 10.5. The van der Waals surface area contributed by atoms with Crippen LogP contribution in [0.2, 0.25) is 5.15 Å². The highest BCUT2D eigenvalue weighted by Crippen LogP contribution is 2.17. The van der Waals surface area contributed by atoms with Gasteiger partial charge >= 0.3 is 5.97 Å². The summed E-state index contributed by atoms with van der Waals surface area (Å²) in [5.41, 5.74) is 1.01. The number of rotatable bonds is 5. The quantitative estimate of drug-likeness (QED) is 0.568. The van der Waals surface area contributed by atoms with Gasteiger partial charge in [0.2, 0.25) is 0 Å². The van der Waals surface area contributed by atoms with Crippen LogP contribution in [0.25, 0.3) is 10.9 Å². The molecule has 0 saturated heterocycles. The van der Waals surface area contributed by atoms with E-state index in [1.807, 2.05) is 0 Å². The number of furan rings is 1. The third-order valence-electron chi connectivity index (χ3n) is 3.27. The number of halogens is 1. The number of esters is 1. The number of pyridine rings is 1. The Balaban J connectivity index is 1.56. The number of hydrogen-bond donors (Lipinski definition) is 1. The SMILES string of the molecule is O=C(COC(=O)c1ccc2nc(Cl)ccc2c1)NCc1ccco1. The number of aromatic nitrogens is 1. The fourth-order valence-electron chi connectivity index (χ4n) is 2.09. The number of nitrogens with one attached hydrogen (secondary N) is 1. The van der Waals surface area contributed by atoms with E-state index < -0.39 is 11.9 Å². The summed E-state index contributed by atoms with van der Waals surface area (Å²) in [5.74, 6) is -0.371. The average molecular weight is 345 g/mol. The van der Waals surface area contributed by atoms with Crippen LogP contribution in [-0.2, 0) is 16.1 Å². The maximum absolute atomic E-state index is 12.0. The molecule has 0 radical (unpaired) electrons. The summed E-state index contributed by atoms with van der Waals surface area (Å²) < 4.78 is 10.1. The molecular weight excluding hydrogens is 332 g/mol. The van der Waals surface area contributed by atoms with Crippen LogP contribution in [0.15, 0.2) is 53.1 Å². The van der Waals surface area contributed by atoms with Crippen LogP contribution in [0.3, 0.4) is 0 Å². The maximum Gasteiger partial charge on any atom is 0.338 e. The number of carbonyl (C=O) groups excluding carboxylic acids is 2. The van der Waals surface area contributed by atoms with E-state index in [4.69, 9.17) is 20.8 Å². The van der Waals surface area contributed by atoms with E-state index in [1.165, 1.54) is 6.26 Å². The van der Waals surface area contributed by atoms with Gasteiger partial charge in [0.05, 0.1) is 23.9 Å². The number of benzene rings is 1. The van der Waals surface area contributed by atoms with Crippen molar-refractivity contribution >= 4 is 34.4 Å². The third-order valence-corrected chi connectivity index (χ3v) is 3.48. The monoisotopic (exact) mass is 344 g/mol. The molecule has 0 bridgehead atoms. The van der Waals surface area contributed by atoms with E-state index >= 15 is 0 Å². The molecule has 0 saturated carbocycles. The minimum Gasteiger partial charge on any atom is -0.467 e. The second kappa shape index (κ2) is 7.14. The summed E-state index contributed by atoms with van der Waals surface area (Å²) >= 11 is 5.82. The standard InChI is InChI=1S/C17H13ClN2O4/c18-15-6-4-11-8-12(3-5-14(11)20-15)17(22)24-10-16(21)19-9-13-2-1-7-23-13/h1-8H,9-10H2,(H,19,21). The van der Waals surface area contributed by atoms with E-state index in [0.717, 1.165) is 5.39 Å². The van der Waals surface area contributed by atoms with Crippen LogP contribution in [0.1, 0.15) is 16.1 Å². The fourth-order valence-corrected chi connectivity index (χ4v) is 2.25. The van der Waals surface area contributed by atoms with Gasteiger partial charge in [-0.15, -0.1) is 0 Å². The molecule has 1 N–H and O–H groups in total. The van der Waals surface area contributed by atoms with Crippen LogP contribution in [0.4, 0.5) is 0 Å². The van der Waals surface area contributed by atoms with Crippen LogP contribution in [0, 0.1) is 0 Å². The Kier molecular flexibility index (Phi) is 4.77. The minimum absolute atomic E-state index is 0.242. The largest absolute Gasteiger partial charge is 0.467 e. The molecule has 0 aliphatic heterocycles. The zero-order chi connectivity index (χ0) is 16.9. The van der Waals surface area contributed by atoms with Crippen molar-refractivity contribution in [2.75, 3.05) is 6.61 Å². The number of amides is 1. The van der Waals surface area contributed by atoms with Crippen LogP contribution < -0.4 is 5.32 Å². The van der Waals surface area contributed by atoms with Gasteiger partial charge in [0.25, 0.3) is 5.91 Å². The molecule has 122 valence electrons. The van der Waals surface area contributed by atoms with Crippen molar-refractivity contribution in [3.8, 4) is 0 Å². The van der Waals surface area contributed by atoms with Gasteiger partial charge in [-0.2, -0.15) is 0 Å². The Morgan fingerprint density at radius 1 is 1.21 bits per heavy atom. The molecule has 0 spiro atoms. The minimum atomic E-state index is -0.583. The van der Waals surface area contributed by atoms with Crippen molar-refractivity contribution < 1.29 is 18.7 Å². The lowest BCUT2D eigenvalue weighted by molar-refractivity contribution is -0.124. The molecule has 3 aromatic rings. The molecule has 24 heavy (non-hydrogen) atoms. The average Bonchev–Trinajstić information content (AvgIpc) is 3.11. The van der Waals surface area contributed by atoms with Crippen LogP contribution >= 0.6 is 11.6 Å². The van der Waals surface area contributed by atoms with Crippen molar-refractivity contribution in [3.05, 3.63) is 65.2 Å². The molecule has 0 aliphatic carbocycles. The second-order valence-electron chi connectivity index (χ2n) is 4.97. The molecule has 0 unspecified atom stereocenters. The lowest BCUT2D eigenvalue weighted by Crippen LogP contribution is -2.28. The Morgan fingerprint density at radius 2 is 2.08 bits per heavy atom. The molecule has 3 rings (SSSR count). The van der Waals surface area contributed by atoms with Crippen molar-refractivity contribution in [1.82, 2.24) is 10.3 Å². The van der Waals surface area contributed by atoms with Gasteiger partial charge in [0.15, 0.2) is 6.61 Å². The zero-order valence-corrected chi connectivity index (χ0v) is 13.2. The summed E-state index contributed by atoms with van der Waals surface area (Å²) in [6.45, 7) is -0.123. The summed E-state index contributed by atoms with van der Waals surface area (Å²) in [6.07, 6.45) is 1.52. The predicted molar refractivity (Wildman–Crippen MR) is 87.6 cm³/mol. The summed E-state index contributed by atoms with van der Waals surface area (Å²) in [7, 11) is 0. The number of ether oxygens (including phenoxy) is 1. The van der Waals surface area contributed by atoms with Gasteiger partial charge in [-0.05, 0) is 42.5 Å². The molecule has 0 fully saturated rings. The van der Waals surface area contributed by atoms with E-state index in [1.54, 1.807) is 42.5 Å². The van der Waals surface area contributed by atoms with Gasteiger partial charge in [-0.25, -0.2) is 9.78 Å². The number of fused-ring (bicyclic) bond motifs is 1. The van der Waals surface area contributed by atoms with Crippen molar-refractivity contribution in [3.63, 3.8) is 0 Å². The zero-order valence-electron chi connectivity index (χ0n) is 12.5. The molecule has 2 heterocycles. The highest BCUT2D eigenvalue weighted by atomic mass is 35.5. The second-order valence-corrected chi connectivity index (χ2v) is 5.36. The highest BCUT2D eigenvalue weighted by molar-refractivity contribution is 6.29. The smallest absolute Gasteiger partial charge is 0.338 e. The number of carbonyl (C=O) groups is 2. The van der Waals surface area contributed by atoms with Gasteiger partial charge in [0.1, 0.15) is 10.9 Å². The molecule has 7 heteroatoms. The Labute approximate surface area is 142 Å². The van der Waals surface area contributed by atoms with Crippen molar-refractivity contribution in [2.45, 2.75) is 6.54 Å². The number of hydrogen-bond acceptors (Lipinski definition) is 5. The molecule has 2 aromatic heterocycles. The molecule has 6 nitrogen and oxygen atoms in total. The molecule has 1 amide bonds. The third kappa shape index (κ3) is 3.91. The maximum atomic E-state index is 12.0. The Hall–Kier alpha value is -2.86. The van der Waals surface area contributed by atoms with Gasteiger partial charge < -0.3 is 14.5 Å². The van der Waals surface area contributed by atoms with Crippen LogP contribution in [-0.4, -0.2) is 23.5 Å². The van der Waals surface area contributed by atoms with Gasteiger partial charge in [-0.3, -0.25) is 4.79 Å². The Bertz CT molecular complexity index is 877. The summed E-state index contributed by atoms with van der Waals surface area (Å²) in [5, 5.41) is 3.73. The van der Waals surface area contributed by atoms with E-state index in [-0.39, 0.29) is 13.2 Å². The van der Waals surface area contributed by atoms with Crippen molar-refractivity contribution in [1.29, 1.82) is 0 Å². The number of nitrogens with zero attached hydrogens (tertiary/aromatic N) is 1. The molecule has 1 aromatic carbocycles. The lowest BCUT2D eigenvalue weighted by Gasteiger charge is -2.06. The lowest BCUT2D eigenvalue weighted by atomic mass is 10.1. The van der Waals surface area contributed by atoms with Gasteiger partial charge in [0, 0.05) is 5.39 Å². The van der Waals surface area contributed by atoms with E-state index in [9.17, 15) is 9.59 Å². The molecule has 0 atom stereocenters. The van der Waals surface area contributed by atoms with Crippen LogP contribution in [0.5, 0.6) is 0 Å².